The van der Waals surface area contributed by atoms with E-state index < -0.39 is 38.4 Å². The summed E-state index contributed by atoms with van der Waals surface area (Å²) in [4.78, 5) is -1.03. The van der Waals surface area contributed by atoms with Crippen molar-refractivity contribution in [2.75, 3.05) is 0 Å². The monoisotopic (exact) mass is 315 g/mol. The van der Waals surface area contributed by atoms with Crippen molar-refractivity contribution in [2.24, 2.45) is 0 Å². The lowest BCUT2D eigenvalue weighted by atomic mass is 10.1. The second-order valence-corrected chi connectivity index (χ2v) is 6.10. The van der Waals surface area contributed by atoms with E-state index in [4.69, 9.17) is 0 Å². The van der Waals surface area contributed by atoms with Crippen LogP contribution in [0.1, 0.15) is 18.5 Å². The predicted octanol–water partition coefficient (Wildman–Crippen LogP) is 3.14. The van der Waals surface area contributed by atoms with Gasteiger partial charge in [-0.2, -0.15) is 0 Å². The fourth-order valence-electron chi connectivity index (χ4n) is 1.85. The molecule has 1 N–H and O–H groups in total. The highest BCUT2D eigenvalue weighted by Crippen LogP contribution is 2.21. The molecule has 0 aliphatic carbocycles. The van der Waals surface area contributed by atoms with Gasteiger partial charge in [0.25, 0.3) is 0 Å². The topological polar surface area (TPSA) is 46.2 Å². The summed E-state index contributed by atoms with van der Waals surface area (Å²) in [5, 5.41) is 0. The molecule has 0 fully saturated rings. The maximum absolute atomic E-state index is 13.5. The van der Waals surface area contributed by atoms with Crippen LogP contribution in [0.5, 0.6) is 0 Å². The zero-order valence-electron chi connectivity index (χ0n) is 11.0. The van der Waals surface area contributed by atoms with Crippen molar-refractivity contribution in [3.8, 4) is 0 Å². The van der Waals surface area contributed by atoms with E-state index in [0.717, 1.165) is 18.2 Å². The van der Waals surface area contributed by atoms with Gasteiger partial charge in [-0.15, -0.1) is 0 Å². The minimum Gasteiger partial charge on any atom is -0.207 e. The van der Waals surface area contributed by atoms with Gasteiger partial charge in [-0.25, -0.2) is 26.3 Å². The van der Waals surface area contributed by atoms with Gasteiger partial charge in [-0.3, -0.25) is 0 Å². The molecule has 0 saturated heterocycles. The number of benzene rings is 2. The lowest BCUT2D eigenvalue weighted by Gasteiger charge is -2.15. The van der Waals surface area contributed by atoms with Crippen LogP contribution in [0.4, 0.5) is 13.2 Å². The van der Waals surface area contributed by atoms with E-state index in [2.05, 4.69) is 4.72 Å². The van der Waals surface area contributed by atoms with Gasteiger partial charge in [0.05, 0.1) is 0 Å². The molecule has 0 bridgehead atoms. The lowest BCUT2D eigenvalue weighted by Crippen LogP contribution is -2.28. The number of hydrogen-bond acceptors (Lipinski definition) is 2. The van der Waals surface area contributed by atoms with Gasteiger partial charge in [0, 0.05) is 6.04 Å². The molecule has 0 spiro atoms. The van der Waals surface area contributed by atoms with Crippen LogP contribution in [0, 0.1) is 17.5 Å². The molecule has 0 aliphatic heterocycles. The summed E-state index contributed by atoms with van der Waals surface area (Å²) < 4.78 is 66.2. The number of sulfonamides is 1. The van der Waals surface area contributed by atoms with Crippen molar-refractivity contribution in [3.05, 3.63) is 65.5 Å². The van der Waals surface area contributed by atoms with Crippen molar-refractivity contribution in [1.82, 2.24) is 4.72 Å². The summed E-state index contributed by atoms with van der Waals surface area (Å²) in [7, 11) is -4.37. The number of hydrogen-bond donors (Lipinski definition) is 1. The highest BCUT2D eigenvalue weighted by molar-refractivity contribution is 7.89. The summed E-state index contributed by atoms with van der Waals surface area (Å²) in [6, 6.07) is 7.15. The minimum atomic E-state index is -4.37. The van der Waals surface area contributed by atoms with Gasteiger partial charge in [-0.1, -0.05) is 18.2 Å². The van der Waals surface area contributed by atoms with E-state index in [-0.39, 0.29) is 0 Å². The third kappa shape index (κ3) is 3.43. The fourth-order valence-corrected chi connectivity index (χ4v) is 3.22. The van der Waals surface area contributed by atoms with Gasteiger partial charge in [0.15, 0.2) is 4.90 Å². The Hall–Kier alpha value is -1.86. The Kier molecular flexibility index (Phi) is 4.34. The molecule has 0 radical (unpaired) electrons. The van der Waals surface area contributed by atoms with Gasteiger partial charge in [-0.05, 0) is 36.8 Å². The smallest absolute Gasteiger partial charge is 0.207 e. The highest BCUT2D eigenvalue weighted by atomic mass is 32.2. The van der Waals surface area contributed by atoms with Gasteiger partial charge in [0.1, 0.15) is 17.5 Å². The van der Waals surface area contributed by atoms with Crippen molar-refractivity contribution >= 4 is 10.0 Å². The molecule has 0 heterocycles. The van der Waals surface area contributed by atoms with E-state index in [9.17, 15) is 21.6 Å². The SMILES string of the molecule is CC(NS(=O)(=O)c1c(F)cccc1F)c1ccc(F)cc1. The van der Waals surface area contributed by atoms with Crippen LogP contribution in [-0.2, 0) is 10.0 Å². The van der Waals surface area contributed by atoms with Crippen LogP contribution in [-0.4, -0.2) is 8.42 Å². The van der Waals surface area contributed by atoms with E-state index in [1.807, 2.05) is 0 Å². The number of nitrogens with one attached hydrogen (secondary N) is 1. The first kappa shape index (κ1) is 15.5. The quantitative estimate of drug-likeness (QED) is 0.942. The largest absolute Gasteiger partial charge is 0.246 e. The molecule has 0 aromatic heterocycles. The Bertz CT molecular complexity index is 725. The van der Waals surface area contributed by atoms with Gasteiger partial charge < -0.3 is 0 Å². The number of rotatable bonds is 4. The van der Waals surface area contributed by atoms with E-state index in [1.165, 1.54) is 31.2 Å². The van der Waals surface area contributed by atoms with Crippen LogP contribution in [0.25, 0.3) is 0 Å². The molecule has 21 heavy (non-hydrogen) atoms. The first-order chi connectivity index (χ1) is 9.81. The Labute approximate surface area is 120 Å². The zero-order valence-corrected chi connectivity index (χ0v) is 11.8. The van der Waals surface area contributed by atoms with E-state index >= 15 is 0 Å². The van der Waals surface area contributed by atoms with Gasteiger partial charge >= 0.3 is 0 Å². The molecular formula is C14H12F3NO2S. The third-order valence-electron chi connectivity index (χ3n) is 2.89. The normalized spacial score (nSPS) is 13.1. The predicted molar refractivity (Wildman–Crippen MR) is 71.5 cm³/mol. The third-order valence-corrected chi connectivity index (χ3v) is 4.48. The summed E-state index contributed by atoms with van der Waals surface area (Å²) >= 11 is 0. The van der Waals surface area contributed by atoms with Crippen LogP contribution in [0.2, 0.25) is 0 Å². The lowest BCUT2D eigenvalue weighted by molar-refractivity contribution is 0.509. The summed E-state index contributed by atoms with van der Waals surface area (Å²) in [6.45, 7) is 1.49. The Morgan fingerprint density at radius 1 is 0.952 bits per heavy atom. The maximum Gasteiger partial charge on any atom is 0.246 e. The van der Waals surface area contributed by atoms with Crippen molar-refractivity contribution < 1.29 is 21.6 Å². The maximum atomic E-state index is 13.5. The van der Waals surface area contributed by atoms with Gasteiger partial charge in [0.2, 0.25) is 10.0 Å². The summed E-state index contributed by atoms with van der Waals surface area (Å²) in [5.41, 5.74) is 0.469. The molecule has 112 valence electrons. The summed E-state index contributed by atoms with van der Waals surface area (Å²) in [6.07, 6.45) is 0. The molecule has 1 unspecified atom stereocenters. The Morgan fingerprint density at radius 2 is 1.48 bits per heavy atom. The first-order valence-electron chi connectivity index (χ1n) is 6.03. The molecular weight excluding hydrogens is 303 g/mol. The molecule has 0 aliphatic rings. The van der Waals surface area contributed by atoms with Crippen LogP contribution in [0.3, 0.4) is 0 Å². The molecule has 2 rings (SSSR count). The second kappa shape index (κ2) is 5.87. The average Bonchev–Trinajstić information content (AvgIpc) is 2.38. The first-order valence-corrected chi connectivity index (χ1v) is 7.51. The Morgan fingerprint density at radius 3 is 2.00 bits per heavy atom. The molecule has 0 amide bonds. The molecule has 2 aromatic carbocycles. The van der Waals surface area contributed by atoms with Crippen molar-refractivity contribution in [2.45, 2.75) is 17.9 Å². The standard InChI is InChI=1S/C14H12F3NO2S/c1-9(10-5-7-11(15)8-6-10)18-21(19,20)14-12(16)3-2-4-13(14)17/h2-9,18H,1H3. The summed E-state index contributed by atoms with van der Waals surface area (Å²) in [5.74, 6) is -2.81. The van der Waals surface area contributed by atoms with Crippen LogP contribution < -0.4 is 4.72 Å². The molecule has 0 saturated carbocycles. The zero-order chi connectivity index (χ0) is 15.6. The highest BCUT2D eigenvalue weighted by Gasteiger charge is 2.25. The van der Waals surface area contributed by atoms with Crippen molar-refractivity contribution in [3.63, 3.8) is 0 Å². The van der Waals surface area contributed by atoms with E-state index in [0.29, 0.717) is 5.56 Å². The van der Waals surface area contributed by atoms with Crippen molar-refractivity contribution in [1.29, 1.82) is 0 Å². The average molecular weight is 315 g/mol. The second-order valence-electron chi connectivity index (χ2n) is 4.45. The number of halogens is 3. The van der Waals surface area contributed by atoms with E-state index in [1.54, 1.807) is 0 Å². The Balaban J connectivity index is 2.31. The fraction of sp³-hybridized carbons (Fsp3) is 0.143. The molecule has 1 atom stereocenters. The molecule has 3 nitrogen and oxygen atoms in total. The van der Waals surface area contributed by atoms with Crippen LogP contribution >= 0.6 is 0 Å². The molecule has 7 heteroatoms. The van der Waals surface area contributed by atoms with Crippen LogP contribution in [0.15, 0.2) is 47.4 Å². The molecule has 2 aromatic rings. The minimum absolute atomic E-state index is 0.464.